The van der Waals surface area contributed by atoms with Crippen molar-refractivity contribution in [1.82, 2.24) is 4.90 Å². The Bertz CT molecular complexity index is 220. The maximum atomic E-state index is 11.9. The van der Waals surface area contributed by atoms with E-state index in [1.165, 1.54) is 0 Å². The summed E-state index contributed by atoms with van der Waals surface area (Å²) >= 11 is 0. The van der Waals surface area contributed by atoms with Gasteiger partial charge in [0.2, 0.25) is 5.91 Å². The highest BCUT2D eigenvalue weighted by Crippen LogP contribution is 2.22. The zero-order valence-corrected chi connectivity index (χ0v) is 9.71. The van der Waals surface area contributed by atoms with Crippen LogP contribution in [0, 0.1) is 11.3 Å². The van der Waals surface area contributed by atoms with Crippen LogP contribution in [0.2, 0.25) is 0 Å². The van der Waals surface area contributed by atoms with Gasteiger partial charge in [-0.2, -0.15) is 0 Å². The number of nitrogens with two attached hydrogens (primary N) is 1. The largest absolute Gasteiger partial charge is 0.341 e. The normalized spacial score (nSPS) is 25.2. The first-order valence-electron chi connectivity index (χ1n) is 5.36. The van der Waals surface area contributed by atoms with Crippen molar-refractivity contribution in [2.45, 2.75) is 40.2 Å². The third kappa shape index (κ3) is 2.47. The number of rotatable bonds is 1. The molecule has 1 amide bonds. The zero-order valence-electron chi connectivity index (χ0n) is 9.71. The van der Waals surface area contributed by atoms with Gasteiger partial charge in [0.25, 0.3) is 0 Å². The van der Waals surface area contributed by atoms with E-state index in [1.807, 2.05) is 25.7 Å². The van der Waals surface area contributed by atoms with Crippen LogP contribution in [0.1, 0.15) is 34.1 Å². The van der Waals surface area contributed by atoms with Gasteiger partial charge < -0.3 is 10.6 Å². The standard InChI is InChI=1S/C11H22N2O/c1-8-5-6-13(7-8)10(14)9(12)11(2,3)4/h8-9H,5-7,12H2,1-4H3. The highest BCUT2D eigenvalue weighted by molar-refractivity contribution is 5.82. The van der Waals surface area contributed by atoms with Crippen molar-refractivity contribution in [3.8, 4) is 0 Å². The summed E-state index contributed by atoms with van der Waals surface area (Å²) in [6, 6.07) is -0.368. The lowest BCUT2D eigenvalue weighted by molar-refractivity contribution is -0.134. The van der Waals surface area contributed by atoms with E-state index in [9.17, 15) is 4.79 Å². The SMILES string of the molecule is CC1CCN(C(=O)C(N)C(C)(C)C)C1. The molecule has 0 bridgehead atoms. The molecule has 1 heterocycles. The maximum Gasteiger partial charge on any atom is 0.240 e. The summed E-state index contributed by atoms with van der Waals surface area (Å²) in [4.78, 5) is 13.8. The zero-order chi connectivity index (χ0) is 10.9. The molecule has 1 aliphatic rings. The van der Waals surface area contributed by atoms with Crippen molar-refractivity contribution in [2.24, 2.45) is 17.1 Å². The van der Waals surface area contributed by atoms with Gasteiger partial charge in [-0.05, 0) is 17.8 Å². The Morgan fingerprint density at radius 1 is 1.50 bits per heavy atom. The molecule has 3 nitrogen and oxygen atoms in total. The second-order valence-electron chi connectivity index (χ2n) is 5.52. The fourth-order valence-electron chi connectivity index (χ4n) is 1.70. The summed E-state index contributed by atoms with van der Waals surface area (Å²) in [5, 5.41) is 0. The summed E-state index contributed by atoms with van der Waals surface area (Å²) in [6.07, 6.45) is 1.11. The van der Waals surface area contributed by atoms with Crippen LogP contribution in [0.4, 0.5) is 0 Å². The topological polar surface area (TPSA) is 46.3 Å². The molecular weight excluding hydrogens is 176 g/mol. The van der Waals surface area contributed by atoms with Crippen LogP contribution in [0.25, 0.3) is 0 Å². The third-order valence-corrected chi connectivity index (χ3v) is 2.93. The van der Waals surface area contributed by atoms with E-state index in [4.69, 9.17) is 5.73 Å². The fraction of sp³-hybridized carbons (Fsp3) is 0.909. The fourth-order valence-corrected chi connectivity index (χ4v) is 1.70. The number of nitrogens with zero attached hydrogens (tertiary/aromatic N) is 1. The second-order valence-corrected chi connectivity index (χ2v) is 5.52. The van der Waals surface area contributed by atoms with Crippen LogP contribution in [-0.4, -0.2) is 29.9 Å². The van der Waals surface area contributed by atoms with E-state index < -0.39 is 0 Å². The lowest BCUT2D eigenvalue weighted by atomic mass is 9.86. The summed E-state index contributed by atoms with van der Waals surface area (Å²) in [5.74, 6) is 0.743. The quantitative estimate of drug-likeness (QED) is 0.689. The molecule has 2 unspecified atom stereocenters. The minimum atomic E-state index is -0.368. The third-order valence-electron chi connectivity index (χ3n) is 2.93. The first-order chi connectivity index (χ1) is 6.32. The van der Waals surface area contributed by atoms with Gasteiger partial charge in [0.05, 0.1) is 6.04 Å². The summed E-state index contributed by atoms with van der Waals surface area (Å²) in [7, 11) is 0. The van der Waals surface area contributed by atoms with Crippen LogP contribution in [0.15, 0.2) is 0 Å². The van der Waals surface area contributed by atoms with Gasteiger partial charge in [-0.15, -0.1) is 0 Å². The summed E-state index contributed by atoms with van der Waals surface area (Å²) < 4.78 is 0. The van der Waals surface area contributed by atoms with Crippen LogP contribution in [-0.2, 0) is 4.79 Å². The molecule has 2 N–H and O–H groups in total. The minimum absolute atomic E-state index is 0.113. The van der Waals surface area contributed by atoms with Crippen molar-refractivity contribution in [3.05, 3.63) is 0 Å². The van der Waals surface area contributed by atoms with Gasteiger partial charge in [-0.3, -0.25) is 4.79 Å². The minimum Gasteiger partial charge on any atom is -0.341 e. The number of carbonyl (C=O) groups is 1. The van der Waals surface area contributed by atoms with Crippen molar-refractivity contribution >= 4 is 5.91 Å². The van der Waals surface area contributed by atoms with E-state index in [2.05, 4.69) is 6.92 Å². The Morgan fingerprint density at radius 3 is 2.43 bits per heavy atom. The Labute approximate surface area is 86.6 Å². The van der Waals surface area contributed by atoms with Crippen molar-refractivity contribution in [1.29, 1.82) is 0 Å². The van der Waals surface area contributed by atoms with E-state index in [1.54, 1.807) is 0 Å². The first kappa shape index (κ1) is 11.5. The highest BCUT2D eigenvalue weighted by atomic mass is 16.2. The van der Waals surface area contributed by atoms with Crippen LogP contribution in [0.5, 0.6) is 0 Å². The van der Waals surface area contributed by atoms with Gasteiger partial charge in [0, 0.05) is 13.1 Å². The molecule has 3 heteroatoms. The molecule has 0 aromatic rings. The van der Waals surface area contributed by atoms with Crippen molar-refractivity contribution in [2.75, 3.05) is 13.1 Å². The predicted octanol–water partition coefficient (Wildman–Crippen LogP) is 1.23. The number of hydrogen-bond donors (Lipinski definition) is 1. The average molecular weight is 198 g/mol. The Kier molecular flexibility index (Phi) is 3.20. The molecule has 0 radical (unpaired) electrons. The van der Waals surface area contributed by atoms with Gasteiger partial charge in [0.15, 0.2) is 0 Å². The predicted molar refractivity (Wildman–Crippen MR) is 57.8 cm³/mol. The van der Waals surface area contributed by atoms with Crippen molar-refractivity contribution in [3.63, 3.8) is 0 Å². The molecule has 1 rings (SSSR count). The van der Waals surface area contributed by atoms with E-state index >= 15 is 0 Å². The molecule has 2 atom stereocenters. The van der Waals surface area contributed by atoms with Crippen molar-refractivity contribution < 1.29 is 4.79 Å². The van der Waals surface area contributed by atoms with Gasteiger partial charge >= 0.3 is 0 Å². The lowest BCUT2D eigenvalue weighted by Gasteiger charge is -2.29. The molecule has 0 aliphatic carbocycles. The average Bonchev–Trinajstić information content (AvgIpc) is 2.47. The monoisotopic (exact) mass is 198 g/mol. The molecular formula is C11H22N2O. The highest BCUT2D eigenvalue weighted by Gasteiger charge is 2.33. The molecule has 0 aromatic heterocycles. The Morgan fingerprint density at radius 2 is 2.07 bits per heavy atom. The number of amides is 1. The molecule has 0 spiro atoms. The number of hydrogen-bond acceptors (Lipinski definition) is 2. The maximum absolute atomic E-state index is 11.9. The van der Waals surface area contributed by atoms with E-state index in [-0.39, 0.29) is 17.4 Å². The molecule has 1 aliphatic heterocycles. The second kappa shape index (κ2) is 3.89. The van der Waals surface area contributed by atoms with Gasteiger partial charge in [0.1, 0.15) is 0 Å². The van der Waals surface area contributed by atoms with E-state index in [0.717, 1.165) is 19.5 Å². The van der Waals surface area contributed by atoms with Crippen LogP contribution in [0.3, 0.4) is 0 Å². The Hall–Kier alpha value is -0.570. The van der Waals surface area contributed by atoms with E-state index in [0.29, 0.717) is 5.92 Å². The molecule has 82 valence electrons. The summed E-state index contributed by atoms with van der Waals surface area (Å²) in [5.41, 5.74) is 5.79. The Balaban J connectivity index is 2.57. The molecule has 14 heavy (non-hydrogen) atoms. The number of likely N-dealkylation sites (tertiary alicyclic amines) is 1. The molecule has 0 aromatic carbocycles. The molecule has 1 saturated heterocycles. The number of carbonyl (C=O) groups excluding carboxylic acids is 1. The van der Waals surface area contributed by atoms with Crippen LogP contribution < -0.4 is 5.73 Å². The van der Waals surface area contributed by atoms with Gasteiger partial charge in [-0.25, -0.2) is 0 Å². The lowest BCUT2D eigenvalue weighted by Crippen LogP contribution is -2.49. The molecule has 1 fully saturated rings. The summed E-state index contributed by atoms with van der Waals surface area (Å²) in [6.45, 7) is 9.96. The smallest absolute Gasteiger partial charge is 0.240 e. The van der Waals surface area contributed by atoms with Crippen LogP contribution >= 0.6 is 0 Å². The van der Waals surface area contributed by atoms with Gasteiger partial charge in [-0.1, -0.05) is 27.7 Å². The first-order valence-corrected chi connectivity index (χ1v) is 5.36. The molecule has 0 saturated carbocycles.